The van der Waals surface area contributed by atoms with Gasteiger partial charge in [0, 0.05) is 6.54 Å². The fourth-order valence-electron chi connectivity index (χ4n) is 1.22. The van der Waals surface area contributed by atoms with Crippen molar-refractivity contribution in [3.05, 3.63) is 24.0 Å². The molecule has 0 aliphatic rings. The summed E-state index contributed by atoms with van der Waals surface area (Å²) < 4.78 is 43.8. The summed E-state index contributed by atoms with van der Waals surface area (Å²) in [6.45, 7) is 1.09. The van der Waals surface area contributed by atoms with Gasteiger partial charge in [-0.3, -0.25) is 4.79 Å². The second kappa shape index (κ2) is 5.98. The SMILES string of the molecule is COc1ccc(S(=O)(=O)NCC(C)C(=O)O)cc1F. The Hall–Kier alpha value is -1.67. The zero-order chi connectivity index (χ0) is 14.6. The molecule has 1 unspecified atom stereocenters. The molecule has 0 fully saturated rings. The predicted molar refractivity (Wildman–Crippen MR) is 64.9 cm³/mol. The van der Waals surface area contributed by atoms with Gasteiger partial charge in [0.1, 0.15) is 0 Å². The number of methoxy groups -OCH3 is 1. The first-order valence-corrected chi connectivity index (χ1v) is 6.82. The van der Waals surface area contributed by atoms with E-state index in [1.54, 1.807) is 0 Å². The second-order valence-corrected chi connectivity index (χ2v) is 5.65. The molecule has 0 heterocycles. The third-order valence-electron chi connectivity index (χ3n) is 2.43. The van der Waals surface area contributed by atoms with Gasteiger partial charge < -0.3 is 9.84 Å². The van der Waals surface area contributed by atoms with Crippen molar-refractivity contribution in [3.63, 3.8) is 0 Å². The Balaban J connectivity index is 2.89. The van der Waals surface area contributed by atoms with E-state index in [1.165, 1.54) is 26.2 Å². The maximum atomic E-state index is 13.4. The van der Waals surface area contributed by atoms with Crippen LogP contribution < -0.4 is 9.46 Å². The number of rotatable bonds is 6. The molecule has 1 aromatic carbocycles. The lowest BCUT2D eigenvalue weighted by atomic mass is 10.2. The molecule has 0 amide bonds. The predicted octanol–water partition coefficient (Wildman–Crippen LogP) is 0.833. The Morgan fingerprint density at radius 2 is 2.16 bits per heavy atom. The zero-order valence-corrected chi connectivity index (χ0v) is 11.2. The highest BCUT2D eigenvalue weighted by Gasteiger charge is 2.19. The van der Waals surface area contributed by atoms with Gasteiger partial charge in [-0.25, -0.2) is 17.5 Å². The number of carboxylic acids is 1. The molecule has 0 aliphatic heterocycles. The molecule has 2 N–H and O–H groups in total. The number of nitrogens with one attached hydrogen (secondary N) is 1. The monoisotopic (exact) mass is 291 g/mol. The minimum absolute atomic E-state index is 0.0714. The van der Waals surface area contributed by atoms with Gasteiger partial charge in [-0.1, -0.05) is 6.92 Å². The first-order valence-electron chi connectivity index (χ1n) is 5.34. The minimum Gasteiger partial charge on any atom is -0.494 e. The van der Waals surface area contributed by atoms with Crippen molar-refractivity contribution in [2.24, 2.45) is 5.92 Å². The van der Waals surface area contributed by atoms with Gasteiger partial charge in [0.05, 0.1) is 17.9 Å². The van der Waals surface area contributed by atoms with E-state index in [4.69, 9.17) is 5.11 Å². The van der Waals surface area contributed by atoms with Crippen LogP contribution in [-0.4, -0.2) is 33.1 Å². The number of carboxylic acid groups (broad SMARTS) is 1. The van der Waals surface area contributed by atoms with Crippen LogP contribution in [0.4, 0.5) is 4.39 Å². The lowest BCUT2D eigenvalue weighted by Crippen LogP contribution is -2.31. The zero-order valence-electron chi connectivity index (χ0n) is 10.4. The Morgan fingerprint density at radius 1 is 1.53 bits per heavy atom. The summed E-state index contributed by atoms with van der Waals surface area (Å²) in [6.07, 6.45) is 0. The van der Waals surface area contributed by atoms with Crippen LogP contribution in [0.25, 0.3) is 0 Å². The van der Waals surface area contributed by atoms with E-state index in [-0.39, 0.29) is 17.2 Å². The molecule has 19 heavy (non-hydrogen) atoms. The van der Waals surface area contributed by atoms with Crippen molar-refractivity contribution in [3.8, 4) is 5.75 Å². The van der Waals surface area contributed by atoms with Gasteiger partial charge in [-0.05, 0) is 18.2 Å². The summed E-state index contributed by atoms with van der Waals surface area (Å²) >= 11 is 0. The van der Waals surface area contributed by atoms with Gasteiger partial charge in [0.25, 0.3) is 0 Å². The van der Waals surface area contributed by atoms with Crippen molar-refractivity contribution in [2.75, 3.05) is 13.7 Å². The fourth-order valence-corrected chi connectivity index (χ4v) is 2.36. The first-order chi connectivity index (χ1) is 8.77. The quantitative estimate of drug-likeness (QED) is 0.810. The van der Waals surface area contributed by atoms with E-state index in [9.17, 15) is 17.6 Å². The molecule has 6 nitrogen and oxygen atoms in total. The van der Waals surface area contributed by atoms with Gasteiger partial charge in [0.2, 0.25) is 10.0 Å². The molecule has 1 rings (SSSR count). The number of carbonyl (C=O) groups is 1. The number of aliphatic carboxylic acids is 1. The highest BCUT2D eigenvalue weighted by molar-refractivity contribution is 7.89. The Bertz CT molecular complexity index is 572. The Labute approximate surface area is 110 Å². The third kappa shape index (κ3) is 3.90. The maximum absolute atomic E-state index is 13.4. The van der Waals surface area contributed by atoms with Gasteiger partial charge in [-0.15, -0.1) is 0 Å². The molecule has 1 aromatic rings. The summed E-state index contributed by atoms with van der Waals surface area (Å²) in [5.74, 6) is -2.88. The molecule has 0 spiro atoms. The maximum Gasteiger partial charge on any atom is 0.307 e. The van der Waals surface area contributed by atoms with Crippen LogP contribution in [0.2, 0.25) is 0 Å². The Kier molecular flexibility index (Phi) is 4.84. The standard InChI is InChI=1S/C11H14FNO5S/c1-7(11(14)15)6-13-19(16,17)8-3-4-10(18-2)9(12)5-8/h3-5,7,13H,6H2,1-2H3,(H,14,15). The summed E-state index contributed by atoms with van der Waals surface area (Å²) in [4.78, 5) is 10.3. The van der Waals surface area contributed by atoms with E-state index < -0.39 is 27.7 Å². The summed E-state index contributed by atoms with van der Waals surface area (Å²) in [5, 5.41) is 8.65. The molecule has 0 saturated heterocycles. The first kappa shape index (κ1) is 15.4. The average Bonchev–Trinajstić information content (AvgIpc) is 2.35. The molecule has 106 valence electrons. The van der Waals surface area contributed by atoms with E-state index in [2.05, 4.69) is 9.46 Å². The minimum atomic E-state index is -3.95. The van der Waals surface area contributed by atoms with E-state index in [1.807, 2.05) is 0 Å². The highest BCUT2D eigenvalue weighted by atomic mass is 32.2. The smallest absolute Gasteiger partial charge is 0.307 e. The average molecular weight is 291 g/mol. The second-order valence-electron chi connectivity index (χ2n) is 3.89. The topological polar surface area (TPSA) is 92.7 Å². The third-order valence-corrected chi connectivity index (χ3v) is 3.86. The van der Waals surface area contributed by atoms with E-state index >= 15 is 0 Å². The highest BCUT2D eigenvalue weighted by Crippen LogP contribution is 2.20. The van der Waals surface area contributed by atoms with E-state index in [0.717, 1.165) is 6.07 Å². The van der Waals surface area contributed by atoms with Crippen molar-refractivity contribution in [2.45, 2.75) is 11.8 Å². The number of benzene rings is 1. The molecule has 1 atom stereocenters. The number of halogens is 1. The van der Waals surface area contributed by atoms with Gasteiger partial charge in [0.15, 0.2) is 11.6 Å². The number of hydrogen-bond donors (Lipinski definition) is 2. The summed E-state index contributed by atoms with van der Waals surface area (Å²) in [6, 6.07) is 3.17. The lowest BCUT2D eigenvalue weighted by Gasteiger charge is -2.10. The molecular formula is C11H14FNO5S. The van der Waals surface area contributed by atoms with Crippen LogP contribution in [0, 0.1) is 11.7 Å². The molecule has 0 radical (unpaired) electrons. The van der Waals surface area contributed by atoms with Crippen LogP contribution in [0.15, 0.2) is 23.1 Å². The largest absolute Gasteiger partial charge is 0.494 e. The normalized spacial score (nSPS) is 13.0. The molecule has 0 bridgehead atoms. The van der Waals surface area contributed by atoms with Gasteiger partial charge in [-0.2, -0.15) is 0 Å². The molecule has 0 saturated carbocycles. The van der Waals surface area contributed by atoms with Crippen molar-refractivity contribution in [1.82, 2.24) is 4.72 Å². The Morgan fingerprint density at radius 3 is 2.63 bits per heavy atom. The van der Waals surface area contributed by atoms with Crippen LogP contribution in [-0.2, 0) is 14.8 Å². The van der Waals surface area contributed by atoms with Crippen molar-refractivity contribution >= 4 is 16.0 Å². The van der Waals surface area contributed by atoms with Crippen LogP contribution >= 0.6 is 0 Å². The van der Waals surface area contributed by atoms with E-state index in [0.29, 0.717) is 0 Å². The fraction of sp³-hybridized carbons (Fsp3) is 0.364. The molecule has 0 aromatic heterocycles. The lowest BCUT2D eigenvalue weighted by molar-refractivity contribution is -0.140. The van der Waals surface area contributed by atoms with Crippen LogP contribution in [0.3, 0.4) is 0 Å². The number of hydrogen-bond acceptors (Lipinski definition) is 4. The molecular weight excluding hydrogens is 277 g/mol. The van der Waals surface area contributed by atoms with Crippen molar-refractivity contribution in [1.29, 1.82) is 0 Å². The van der Waals surface area contributed by atoms with Crippen LogP contribution in [0.5, 0.6) is 5.75 Å². The molecule has 0 aliphatic carbocycles. The molecule has 8 heteroatoms. The number of ether oxygens (including phenoxy) is 1. The number of sulfonamides is 1. The summed E-state index contributed by atoms with van der Waals surface area (Å²) in [5.41, 5.74) is 0. The van der Waals surface area contributed by atoms with Crippen molar-refractivity contribution < 1.29 is 27.4 Å². The summed E-state index contributed by atoms with van der Waals surface area (Å²) in [7, 11) is -2.68. The van der Waals surface area contributed by atoms with Gasteiger partial charge >= 0.3 is 5.97 Å². The van der Waals surface area contributed by atoms with Crippen LogP contribution in [0.1, 0.15) is 6.92 Å².